The molecule has 1 aliphatic heterocycles. The van der Waals surface area contributed by atoms with Crippen molar-refractivity contribution in [1.29, 1.82) is 0 Å². The number of nitrogens with one attached hydrogen (secondary N) is 1. The second kappa shape index (κ2) is 10.9. The van der Waals surface area contributed by atoms with Crippen LogP contribution >= 0.6 is 15.9 Å². The molecule has 0 bridgehead atoms. The Bertz CT molecular complexity index is 493. The summed E-state index contributed by atoms with van der Waals surface area (Å²) in [5, 5.41) is 2.37. The first-order chi connectivity index (χ1) is 11.7. The number of hydrogen-bond acceptors (Lipinski definition) is 3. The van der Waals surface area contributed by atoms with Gasteiger partial charge in [-0.2, -0.15) is 0 Å². The van der Waals surface area contributed by atoms with Crippen molar-refractivity contribution in [3.8, 4) is 11.5 Å². The highest BCUT2D eigenvalue weighted by molar-refractivity contribution is 9.10. The SMILES string of the molecule is CCOc1cc(Br)c(C[NH2+]CCC[NH+]2CCOCC2)cc1OCC. The first kappa shape index (κ1) is 19.5. The Balaban J connectivity index is 1.79. The lowest BCUT2D eigenvalue weighted by Gasteiger charge is -2.23. The standard InChI is InChI=1S/C18H29BrN2O3/c1-3-23-17-12-15(16(19)13-18(17)24-4-2)14-20-6-5-7-21-8-10-22-11-9-21/h12-13,20H,3-11,14H2,1-2H3/p+2. The van der Waals surface area contributed by atoms with E-state index in [0.717, 1.165) is 55.4 Å². The fraction of sp³-hybridized carbons (Fsp3) is 0.667. The van der Waals surface area contributed by atoms with E-state index in [1.165, 1.54) is 18.5 Å². The van der Waals surface area contributed by atoms with Crippen LogP contribution in [-0.4, -0.2) is 52.6 Å². The molecule has 0 amide bonds. The van der Waals surface area contributed by atoms with Gasteiger partial charge in [0.1, 0.15) is 19.6 Å². The molecule has 0 saturated carbocycles. The summed E-state index contributed by atoms with van der Waals surface area (Å²) in [4.78, 5) is 1.68. The van der Waals surface area contributed by atoms with Crippen LogP contribution in [0.5, 0.6) is 11.5 Å². The highest BCUT2D eigenvalue weighted by atomic mass is 79.9. The Morgan fingerprint density at radius 1 is 1.12 bits per heavy atom. The molecule has 0 atom stereocenters. The minimum absolute atomic E-state index is 0.641. The zero-order valence-electron chi connectivity index (χ0n) is 14.9. The Labute approximate surface area is 153 Å². The van der Waals surface area contributed by atoms with Crippen molar-refractivity contribution >= 4 is 15.9 Å². The van der Waals surface area contributed by atoms with Crippen LogP contribution in [0.4, 0.5) is 0 Å². The highest BCUT2D eigenvalue weighted by Crippen LogP contribution is 2.33. The zero-order chi connectivity index (χ0) is 17.2. The number of morpholine rings is 1. The molecule has 136 valence electrons. The summed E-state index contributed by atoms with van der Waals surface area (Å²) in [5.74, 6) is 1.65. The molecule has 1 aromatic carbocycles. The number of benzene rings is 1. The van der Waals surface area contributed by atoms with Crippen molar-refractivity contribution in [2.45, 2.75) is 26.8 Å². The Morgan fingerprint density at radius 2 is 1.79 bits per heavy atom. The monoisotopic (exact) mass is 402 g/mol. The van der Waals surface area contributed by atoms with E-state index in [9.17, 15) is 0 Å². The summed E-state index contributed by atoms with van der Waals surface area (Å²) in [5.41, 5.74) is 1.25. The normalized spacial score (nSPS) is 15.5. The van der Waals surface area contributed by atoms with Gasteiger partial charge in [-0.15, -0.1) is 0 Å². The first-order valence-corrected chi connectivity index (χ1v) is 9.84. The fourth-order valence-corrected chi connectivity index (χ4v) is 3.42. The summed E-state index contributed by atoms with van der Waals surface area (Å²) in [6.07, 6.45) is 1.24. The number of nitrogens with two attached hydrogens (primary N) is 1. The number of rotatable bonds is 10. The second-order valence-corrected chi connectivity index (χ2v) is 6.86. The van der Waals surface area contributed by atoms with E-state index in [0.29, 0.717) is 13.2 Å². The summed E-state index contributed by atoms with van der Waals surface area (Å²) in [6, 6.07) is 4.12. The van der Waals surface area contributed by atoms with Crippen LogP contribution in [0, 0.1) is 0 Å². The van der Waals surface area contributed by atoms with Crippen LogP contribution in [0.2, 0.25) is 0 Å². The van der Waals surface area contributed by atoms with E-state index >= 15 is 0 Å². The molecule has 1 aromatic rings. The molecule has 6 heteroatoms. The molecule has 1 saturated heterocycles. The number of hydrogen-bond donors (Lipinski definition) is 2. The Kier molecular flexibility index (Phi) is 8.88. The van der Waals surface area contributed by atoms with E-state index in [1.807, 2.05) is 19.9 Å². The molecule has 0 aromatic heterocycles. The van der Waals surface area contributed by atoms with Gasteiger partial charge in [-0.3, -0.25) is 0 Å². The van der Waals surface area contributed by atoms with E-state index in [4.69, 9.17) is 14.2 Å². The number of ether oxygens (including phenoxy) is 3. The van der Waals surface area contributed by atoms with Gasteiger partial charge in [0, 0.05) is 16.5 Å². The van der Waals surface area contributed by atoms with Crippen LogP contribution in [0.25, 0.3) is 0 Å². The summed E-state index contributed by atoms with van der Waals surface area (Å²) in [7, 11) is 0. The molecule has 1 aliphatic rings. The van der Waals surface area contributed by atoms with Gasteiger partial charge in [-0.25, -0.2) is 0 Å². The van der Waals surface area contributed by atoms with Crippen molar-refractivity contribution in [1.82, 2.24) is 0 Å². The minimum atomic E-state index is 0.641. The highest BCUT2D eigenvalue weighted by Gasteiger charge is 2.14. The molecule has 3 N–H and O–H groups in total. The summed E-state index contributed by atoms with van der Waals surface area (Å²) < 4.78 is 17.9. The molecule has 0 unspecified atom stereocenters. The average molecular weight is 403 g/mol. The maximum absolute atomic E-state index is 5.72. The van der Waals surface area contributed by atoms with Crippen molar-refractivity contribution < 1.29 is 24.4 Å². The second-order valence-electron chi connectivity index (χ2n) is 6.00. The van der Waals surface area contributed by atoms with Crippen LogP contribution in [-0.2, 0) is 11.3 Å². The molecule has 24 heavy (non-hydrogen) atoms. The average Bonchev–Trinajstić information content (AvgIpc) is 2.59. The van der Waals surface area contributed by atoms with Gasteiger partial charge in [0.25, 0.3) is 0 Å². The fourth-order valence-electron chi connectivity index (χ4n) is 2.93. The van der Waals surface area contributed by atoms with Gasteiger partial charge in [0.05, 0.1) is 39.5 Å². The largest absolute Gasteiger partial charge is 0.490 e. The molecular formula is C18H31BrN2O3+2. The van der Waals surface area contributed by atoms with E-state index in [1.54, 1.807) is 4.90 Å². The van der Waals surface area contributed by atoms with E-state index in [2.05, 4.69) is 27.3 Å². The van der Waals surface area contributed by atoms with Crippen LogP contribution in [0.15, 0.2) is 16.6 Å². The van der Waals surface area contributed by atoms with Gasteiger partial charge in [-0.05, 0) is 26.0 Å². The molecule has 1 heterocycles. The lowest BCUT2D eigenvalue weighted by atomic mass is 10.2. The van der Waals surface area contributed by atoms with Crippen molar-refractivity contribution in [3.63, 3.8) is 0 Å². The lowest BCUT2D eigenvalue weighted by Crippen LogP contribution is -3.14. The van der Waals surface area contributed by atoms with Crippen LogP contribution in [0.1, 0.15) is 25.8 Å². The van der Waals surface area contributed by atoms with Crippen LogP contribution < -0.4 is 19.7 Å². The predicted octanol–water partition coefficient (Wildman–Crippen LogP) is 0.615. The van der Waals surface area contributed by atoms with Gasteiger partial charge < -0.3 is 24.4 Å². The molecular weight excluding hydrogens is 372 g/mol. The van der Waals surface area contributed by atoms with Gasteiger partial charge in [0.2, 0.25) is 0 Å². The number of halogens is 1. The van der Waals surface area contributed by atoms with Crippen LogP contribution in [0.3, 0.4) is 0 Å². The number of quaternary nitrogens is 2. The molecule has 0 radical (unpaired) electrons. The Morgan fingerprint density at radius 3 is 2.46 bits per heavy atom. The molecule has 5 nitrogen and oxygen atoms in total. The Hall–Kier alpha value is -0.820. The third-order valence-electron chi connectivity index (χ3n) is 4.22. The summed E-state index contributed by atoms with van der Waals surface area (Å²) in [6.45, 7) is 12.8. The third-order valence-corrected chi connectivity index (χ3v) is 4.95. The summed E-state index contributed by atoms with van der Waals surface area (Å²) >= 11 is 3.66. The van der Waals surface area contributed by atoms with Crippen molar-refractivity contribution in [2.24, 2.45) is 0 Å². The molecule has 0 aliphatic carbocycles. The minimum Gasteiger partial charge on any atom is -0.490 e. The lowest BCUT2D eigenvalue weighted by molar-refractivity contribution is -0.909. The zero-order valence-corrected chi connectivity index (χ0v) is 16.5. The maximum atomic E-state index is 5.72. The molecule has 1 fully saturated rings. The van der Waals surface area contributed by atoms with Crippen molar-refractivity contribution in [3.05, 3.63) is 22.2 Å². The van der Waals surface area contributed by atoms with E-state index < -0.39 is 0 Å². The molecule has 2 rings (SSSR count). The topological polar surface area (TPSA) is 48.7 Å². The van der Waals surface area contributed by atoms with Crippen molar-refractivity contribution in [2.75, 3.05) is 52.6 Å². The molecule has 0 spiro atoms. The van der Waals surface area contributed by atoms with Gasteiger partial charge >= 0.3 is 0 Å². The maximum Gasteiger partial charge on any atom is 0.162 e. The van der Waals surface area contributed by atoms with E-state index in [-0.39, 0.29) is 0 Å². The van der Waals surface area contributed by atoms with Gasteiger partial charge in [-0.1, -0.05) is 15.9 Å². The smallest absolute Gasteiger partial charge is 0.162 e. The van der Waals surface area contributed by atoms with Gasteiger partial charge in [0.15, 0.2) is 11.5 Å². The third kappa shape index (κ3) is 6.24. The quantitative estimate of drug-likeness (QED) is 0.563. The first-order valence-electron chi connectivity index (χ1n) is 9.05. The predicted molar refractivity (Wildman–Crippen MR) is 98.0 cm³/mol.